The summed E-state index contributed by atoms with van der Waals surface area (Å²) in [6.45, 7) is 0. The summed E-state index contributed by atoms with van der Waals surface area (Å²) < 4.78 is 23.9. The fourth-order valence-corrected chi connectivity index (χ4v) is 3.94. The summed E-state index contributed by atoms with van der Waals surface area (Å²) in [5.74, 6) is -1.43. The maximum Gasteiger partial charge on any atom is 0.347 e. The van der Waals surface area contributed by atoms with Crippen LogP contribution < -0.4 is 0 Å². The van der Waals surface area contributed by atoms with Crippen molar-refractivity contribution in [1.82, 2.24) is 0 Å². The molecule has 0 saturated carbocycles. The number of benzene rings is 1. The van der Waals surface area contributed by atoms with Crippen LogP contribution in [0.25, 0.3) is 6.08 Å². The van der Waals surface area contributed by atoms with E-state index in [1.54, 1.807) is 18.2 Å². The number of hydrogen-bond donors (Lipinski definition) is 1. The number of sulfone groups is 1. The van der Waals surface area contributed by atoms with Gasteiger partial charge in [-0.1, -0.05) is 12.1 Å². The average molecular weight is 289 g/mol. The van der Waals surface area contributed by atoms with E-state index in [1.165, 1.54) is 0 Å². The molecule has 6 heteroatoms. The van der Waals surface area contributed by atoms with E-state index in [0.29, 0.717) is 10.0 Å². The van der Waals surface area contributed by atoms with Gasteiger partial charge in [-0.05, 0) is 33.6 Å². The summed E-state index contributed by atoms with van der Waals surface area (Å²) in [5.41, 5.74) is 0.404. The van der Waals surface area contributed by atoms with Gasteiger partial charge in [0.1, 0.15) is 0 Å². The van der Waals surface area contributed by atoms with E-state index in [0.717, 1.165) is 6.08 Å². The Morgan fingerprint density at radius 1 is 1.33 bits per heavy atom. The van der Waals surface area contributed by atoms with Gasteiger partial charge in [-0.15, -0.1) is 0 Å². The molecule has 0 saturated heterocycles. The average Bonchev–Trinajstić information content (AvgIpc) is 2.39. The number of hydrogen-bond acceptors (Lipinski definition) is 3. The van der Waals surface area contributed by atoms with E-state index in [4.69, 9.17) is 5.11 Å². The molecule has 0 aliphatic carbocycles. The van der Waals surface area contributed by atoms with Gasteiger partial charge in [0.05, 0.1) is 4.90 Å². The van der Waals surface area contributed by atoms with Crippen molar-refractivity contribution in [3.63, 3.8) is 0 Å². The Labute approximate surface area is 94.3 Å². The Morgan fingerprint density at radius 2 is 2.00 bits per heavy atom. The molecule has 1 aromatic rings. The zero-order chi connectivity index (χ0) is 11.2. The molecule has 78 valence electrons. The molecule has 0 radical (unpaired) electrons. The Kier molecular flexibility index (Phi) is 2.20. The van der Waals surface area contributed by atoms with Crippen molar-refractivity contribution in [3.8, 4) is 0 Å². The van der Waals surface area contributed by atoms with Crippen LogP contribution in [0.5, 0.6) is 0 Å². The molecule has 0 bridgehead atoms. The van der Waals surface area contributed by atoms with Gasteiger partial charge in [0.2, 0.25) is 9.84 Å². The van der Waals surface area contributed by atoms with Crippen molar-refractivity contribution in [2.45, 2.75) is 4.90 Å². The number of rotatable bonds is 1. The van der Waals surface area contributed by atoms with Crippen molar-refractivity contribution >= 4 is 37.8 Å². The van der Waals surface area contributed by atoms with Gasteiger partial charge < -0.3 is 5.11 Å². The molecule has 1 aliphatic heterocycles. The van der Waals surface area contributed by atoms with Crippen molar-refractivity contribution in [1.29, 1.82) is 0 Å². The third-order valence-electron chi connectivity index (χ3n) is 2.05. The maximum absolute atomic E-state index is 11.8. The second-order valence-corrected chi connectivity index (χ2v) is 5.68. The molecule has 1 aliphatic rings. The Morgan fingerprint density at radius 3 is 2.53 bits per heavy atom. The van der Waals surface area contributed by atoms with E-state index < -0.39 is 20.7 Å². The zero-order valence-corrected chi connectivity index (χ0v) is 9.67. The lowest BCUT2D eigenvalue weighted by atomic mass is 10.2. The van der Waals surface area contributed by atoms with Crippen molar-refractivity contribution < 1.29 is 18.3 Å². The van der Waals surface area contributed by atoms with Crippen LogP contribution in [0, 0.1) is 0 Å². The smallest absolute Gasteiger partial charge is 0.347 e. The summed E-state index contributed by atoms with van der Waals surface area (Å²) >= 11 is 3.09. The highest BCUT2D eigenvalue weighted by Gasteiger charge is 2.35. The highest BCUT2D eigenvalue weighted by molar-refractivity contribution is 9.10. The number of carboxylic acids is 1. The Hall–Kier alpha value is -1.14. The second kappa shape index (κ2) is 3.18. The van der Waals surface area contributed by atoms with Crippen LogP contribution in [0.1, 0.15) is 5.56 Å². The van der Waals surface area contributed by atoms with Crippen LogP contribution >= 0.6 is 15.9 Å². The first kappa shape index (κ1) is 10.4. The van der Waals surface area contributed by atoms with Crippen LogP contribution in [0.2, 0.25) is 0 Å². The number of aliphatic carboxylic acids is 1. The molecule has 0 atom stereocenters. The lowest BCUT2D eigenvalue weighted by molar-refractivity contribution is -0.131. The van der Waals surface area contributed by atoms with Gasteiger partial charge in [-0.2, -0.15) is 0 Å². The molecular weight excluding hydrogens is 284 g/mol. The first-order valence-electron chi connectivity index (χ1n) is 3.93. The predicted octanol–water partition coefficient (Wildman–Crippen LogP) is 1.66. The summed E-state index contributed by atoms with van der Waals surface area (Å²) in [7, 11) is -3.86. The minimum absolute atomic E-state index is 0.0300. The van der Waals surface area contributed by atoms with Gasteiger partial charge in [-0.25, -0.2) is 13.2 Å². The predicted molar refractivity (Wildman–Crippen MR) is 56.9 cm³/mol. The maximum atomic E-state index is 11.8. The molecular formula is C9H5BrO4S. The van der Waals surface area contributed by atoms with Gasteiger partial charge in [0.15, 0.2) is 4.91 Å². The molecule has 4 nitrogen and oxygen atoms in total. The fourth-order valence-electron chi connectivity index (χ4n) is 1.43. The van der Waals surface area contributed by atoms with Gasteiger partial charge >= 0.3 is 5.97 Å². The largest absolute Gasteiger partial charge is 0.477 e. The normalized spacial score (nSPS) is 17.0. The van der Waals surface area contributed by atoms with Crippen molar-refractivity contribution in [3.05, 3.63) is 33.1 Å². The van der Waals surface area contributed by atoms with Gasteiger partial charge in [0, 0.05) is 4.47 Å². The lowest BCUT2D eigenvalue weighted by Crippen LogP contribution is -2.09. The first-order valence-corrected chi connectivity index (χ1v) is 6.21. The fraction of sp³-hybridized carbons (Fsp3) is 0. The number of carboxylic acid groups (broad SMARTS) is 1. The molecule has 15 heavy (non-hydrogen) atoms. The quantitative estimate of drug-likeness (QED) is 0.853. The summed E-state index contributed by atoms with van der Waals surface area (Å²) in [5, 5.41) is 8.75. The molecule has 0 fully saturated rings. The zero-order valence-electron chi connectivity index (χ0n) is 7.27. The molecule has 0 unspecified atom stereocenters. The SMILES string of the molecule is O=C(O)C1=Cc2cccc(Br)c2S1(=O)=O. The van der Waals surface area contributed by atoms with E-state index in [9.17, 15) is 13.2 Å². The highest BCUT2D eigenvalue weighted by atomic mass is 79.9. The summed E-state index contributed by atoms with van der Waals surface area (Å²) in [6.07, 6.45) is 1.16. The van der Waals surface area contributed by atoms with Crippen LogP contribution in [0.15, 0.2) is 32.5 Å². The van der Waals surface area contributed by atoms with Gasteiger partial charge in [0.25, 0.3) is 0 Å². The minimum atomic E-state index is -3.86. The molecule has 2 rings (SSSR count). The monoisotopic (exact) mass is 288 g/mol. The van der Waals surface area contributed by atoms with Crippen LogP contribution in [0.4, 0.5) is 0 Å². The van der Waals surface area contributed by atoms with Crippen LogP contribution in [-0.2, 0) is 14.6 Å². The summed E-state index contributed by atoms with van der Waals surface area (Å²) in [4.78, 5) is 10.2. The Balaban J connectivity index is 2.80. The molecule has 0 amide bonds. The third-order valence-corrected chi connectivity index (χ3v) is 4.84. The lowest BCUT2D eigenvalue weighted by Gasteiger charge is -2.01. The number of halogens is 1. The van der Waals surface area contributed by atoms with E-state index in [1.807, 2.05) is 0 Å². The van der Waals surface area contributed by atoms with E-state index in [-0.39, 0.29) is 4.90 Å². The third kappa shape index (κ3) is 1.40. The van der Waals surface area contributed by atoms with Crippen molar-refractivity contribution in [2.75, 3.05) is 0 Å². The molecule has 0 aromatic heterocycles. The highest BCUT2D eigenvalue weighted by Crippen LogP contribution is 2.37. The van der Waals surface area contributed by atoms with Crippen molar-refractivity contribution in [2.24, 2.45) is 0 Å². The molecule has 1 heterocycles. The van der Waals surface area contributed by atoms with Gasteiger partial charge in [-0.3, -0.25) is 0 Å². The molecule has 1 N–H and O–H groups in total. The summed E-state index contributed by atoms with van der Waals surface area (Å²) in [6, 6.07) is 4.78. The Bertz CT molecular complexity index is 586. The minimum Gasteiger partial charge on any atom is -0.477 e. The standard InChI is InChI=1S/C9H5BrO4S/c10-6-3-1-2-5-4-7(9(11)12)15(13,14)8(5)6/h1-4H,(H,11,12). The number of carbonyl (C=O) groups is 1. The van der Waals surface area contributed by atoms with E-state index >= 15 is 0 Å². The topological polar surface area (TPSA) is 71.4 Å². The molecule has 0 spiro atoms. The molecule has 1 aromatic carbocycles. The van der Waals surface area contributed by atoms with Crippen LogP contribution in [0.3, 0.4) is 0 Å². The number of fused-ring (bicyclic) bond motifs is 1. The second-order valence-electron chi connectivity index (χ2n) is 2.98. The van der Waals surface area contributed by atoms with E-state index in [2.05, 4.69) is 15.9 Å². The van der Waals surface area contributed by atoms with Crippen LogP contribution in [-0.4, -0.2) is 19.5 Å². The first-order chi connectivity index (χ1) is 6.94.